The van der Waals surface area contributed by atoms with E-state index in [1.165, 1.54) is 0 Å². The highest BCUT2D eigenvalue weighted by Crippen LogP contribution is 2.19. The Kier molecular flexibility index (Phi) is 4.31. The van der Waals surface area contributed by atoms with Gasteiger partial charge >= 0.3 is 0 Å². The van der Waals surface area contributed by atoms with E-state index in [1.807, 2.05) is 30.3 Å². The van der Waals surface area contributed by atoms with E-state index < -0.39 is 0 Å². The largest absolute Gasteiger partial charge is 0.497 e. The van der Waals surface area contributed by atoms with Gasteiger partial charge in [0.15, 0.2) is 0 Å². The number of nitrogen functional groups attached to an aromatic ring is 1. The van der Waals surface area contributed by atoms with Crippen LogP contribution in [0.1, 0.15) is 5.69 Å². The normalized spacial score (nSPS) is 16.8. The molecular weight excluding hydrogens is 278 g/mol. The van der Waals surface area contributed by atoms with Crippen LogP contribution >= 0.6 is 0 Å². The van der Waals surface area contributed by atoms with E-state index in [4.69, 9.17) is 10.5 Å². The minimum Gasteiger partial charge on any atom is -0.497 e. The summed E-state index contributed by atoms with van der Waals surface area (Å²) in [5.74, 6) is 1.49. The van der Waals surface area contributed by atoms with E-state index in [9.17, 15) is 0 Å². The van der Waals surface area contributed by atoms with Gasteiger partial charge in [0.25, 0.3) is 0 Å². The van der Waals surface area contributed by atoms with Gasteiger partial charge in [0, 0.05) is 38.8 Å². The van der Waals surface area contributed by atoms with Gasteiger partial charge in [-0.1, -0.05) is 0 Å². The van der Waals surface area contributed by atoms with Crippen LogP contribution in [0.25, 0.3) is 5.69 Å². The topological polar surface area (TPSA) is 59.5 Å². The van der Waals surface area contributed by atoms with E-state index >= 15 is 0 Å². The summed E-state index contributed by atoms with van der Waals surface area (Å²) < 4.78 is 6.96. The fraction of sp³-hybridized carbons (Fsp3) is 0.438. The number of rotatable bonds is 4. The lowest BCUT2D eigenvalue weighted by atomic mass is 10.3. The lowest BCUT2D eigenvalue weighted by Crippen LogP contribution is -2.43. The third kappa shape index (κ3) is 3.23. The molecule has 22 heavy (non-hydrogen) atoms. The molecule has 0 atom stereocenters. The van der Waals surface area contributed by atoms with Crippen molar-refractivity contribution in [3.05, 3.63) is 36.0 Å². The summed E-state index contributed by atoms with van der Waals surface area (Å²) in [6, 6.07) is 9.71. The minimum atomic E-state index is 0.661. The molecule has 2 aromatic rings. The predicted octanol–water partition coefficient (Wildman–Crippen LogP) is 1.21. The van der Waals surface area contributed by atoms with E-state index in [0.29, 0.717) is 5.82 Å². The first-order valence-electron chi connectivity index (χ1n) is 7.55. The van der Waals surface area contributed by atoms with Crippen molar-refractivity contribution in [2.24, 2.45) is 0 Å². The zero-order valence-electron chi connectivity index (χ0n) is 13.2. The molecule has 0 aliphatic carbocycles. The van der Waals surface area contributed by atoms with Crippen LogP contribution in [0.4, 0.5) is 5.82 Å². The highest BCUT2D eigenvalue weighted by atomic mass is 16.5. The second-order valence-electron chi connectivity index (χ2n) is 5.75. The summed E-state index contributed by atoms with van der Waals surface area (Å²) in [4.78, 5) is 4.76. The fourth-order valence-corrected chi connectivity index (χ4v) is 2.69. The average Bonchev–Trinajstić information content (AvgIpc) is 2.90. The van der Waals surface area contributed by atoms with Crippen LogP contribution in [0, 0.1) is 0 Å². The fourth-order valence-electron chi connectivity index (χ4n) is 2.69. The Balaban J connectivity index is 1.72. The van der Waals surface area contributed by atoms with Gasteiger partial charge in [-0.2, -0.15) is 5.10 Å². The zero-order chi connectivity index (χ0) is 15.5. The number of hydrogen-bond donors (Lipinski definition) is 1. The molecule has 3 rings (SSSR count). The summed E-state index contributed by atoms with van der Waals surface area (Å²) in [5.41, 5.74) is 8.07. The minimum absolute atomic E-state index is 0.661. The quantitative estimate of drug-likeness (QED) is 0.920. The summed E-state index contributed by atoms with van der Waals surface area (Å²) in [6.45, 7) is 5.21. The van der Waals surface area contributed by atoms with Crippen molar-refractivity contribution in [2.45, 2.75) is 6.54 Å². The SMILES string of the molecule is COc1ccc(-n2nc(CN3CCN(C)CC3)cc2N)cc1. The Labute approximate surface area is 131 Å². The lowest BCUT2D eigenvalue weighted by molar-refractivity contribution is 0.147. The molecule has 1 aromatic heterocycles. The molecule has 1 aromatic carbocycles. The summed E-state index contributed by atoms with van der Waals surface area (Å²) in [7, 11) is 3.82. The Bertz CT molecular complexity index is 614. The second kappa shape index (κ2) is 6.37. The predicted molar refractivity (Wildman–Crippen MR) is 87.3 cm³/mol. The highest BCUT2D eigenvalue weighted by Gasteiger charge is 2.16. The molecule has 0 radical (unpaired) electrons. The average molecular weight is 301 g/mol. The first-order valence-corrected chi connectivity index (χ1v) is 7.55. The molecule has 6 heteroatoms. The number of aromatic nitrogens is 2. The van der Waals surface area contributed by atoms with Gasteiger partial charge in [0.1, 0.15) is 11.6 Å². The molecule has 1 aliphatic heterocycles. The van der Waals surface area contributed by atoms with Crippen molar-refractivity contribution >= 4 is 5.82 Å². The highest BCUT2D eigenvalue weighted by molar-refractivity contribution is 5.44. The molecule has 1 saturated heterocycles. The molecule has 0 saturated carbocycles. The second-order valence-corrected chi connectivity index (χ2v) is 5.75. The van der Waals surface area contributed by atoms with E-state index in [-0.39, 0.29) is 0 Å². The van der Waals surface area contributed by atoms with Crippen molar-refractivity contribution in [3.63, 3.8) is 0 Å². The van der Waals surface area contributed by atoms with Gasteiger partial charge in [-0.05, 0) is 31.3 Å². The number of piperazine rings is 1. The molecule has 2 N–H and O–H groups in total. The van der Waals surface area contributed by atoms with Gasteiger partial charge in [-0.25, -0.2) is 4.68 Å². The third-order valence-corrected chi connectivity index (χ3v) is 4.09. The van der Waals surface area contributed by atoms with E-state index in [1.54, 1.807) is 11.8 Å². The van der Waals surface area contributed by atoms with Crippen LogP contribution in [0.5, 0.6) is 5.75 Å². The smallest absolute Gasteiger partial charge is 0.127 e. The number of hydrogen-bond acceptors (Lipinski definition) is 5. The number of anilines is 1. The van der Waals surface area contributed by atoms with Gasteiger partial charge in [-0.3, -0.25) is 4.90 Å². The summed E-state index contributed by atoms with van der Waals surface area (Å²) >= 11 is 0. The monoisotopic (exact) mass is 301 g/mol. The van der Waals surface area contributed by atoms with Crippen LogP contribution in [0.2, 0.25) is 0 Å². The molecule has 118 valence electrons. The van der Waals surface area contributed by atoms with Gasteiger partial charge in [0.2, 0.25) is 0 Å². The Morgan fingerprint density at radius 2 is 1.82 bits per heavy atom. The standard InChI is InChI=1S/C16H23N5O/c1-19-7-9-20(10-8-19)12-13-11-16(17)21(18-13)14-3-5-15(22-2)6-4-14/h3-6,11H,7-10,12,17H2,1-2H3. The molecule has 0 bridgehead atoms. The van der Waals surface area contributed by atoms with E-state index in [2.05, 4.69) is 21.9 Å². The van der Waals surface area contributed by atoms with Crippen LogP contribution < -0.4 is 10.5 Å². The summed E-state index contributed by atoms with van der Waals surface area (Å²) in [5, 5.41) is 4.64. The van der Waals surface area contributed by atoms with Crippen LogP contribution in [0.3, 0.4) is 0 Å². The summed E-state index contributed by atoms with van der Waals surface area (Å²) in [6.07, 6.45) is 0. The molecule has 1 fully saturated rings. The number of methoxy groups -OCH3 is 1. The van der Waals surface area contributed by atoms with Crippen LogP contribution in [-0.4, -0.2) is 59.9 Å². The Morgan fingerprint density at radius 3 is 2.45 bits per heavy atom. The lowest BCUT2D eigenvalue weighted by Gasteiger charge is -2.31. The molecule has 6 nitrogen and oxygen atoms in total. The maximum atomic E-state index is 6.11. The molecule has 2 heterocycles. The number of benzene rings is 1. The number of likely N-dealkylation sites (N-methyl/N-ethyl adjacent to an activating group) is 1. The van der Waals surface area contributed by atoms with Crippen molar-refractivity contribution in [3.8, 4) is 11.4 Å². The molecular formula is C16H23N5O. The first-order chi connectivity index (χ1) is 10.7. The van der Waals surface area contributed by atoms with Gasteiger partial charge in [0.05, 0.1) is 18.5 Å². The van der Waals surface area contributed by atoms with Crippen molar-refractivity contribution in [1.82, 2.24) is 19.6 Å². The van der Waals surface area contributed by atoms with Gasteiger partial charge < -0.3 is 15.4 Å². The molecule has 1 aliphatic rings. The Morgan fingerprint density at radius 1 is 1.14 bits per heavy atom. The number of ether oxygens (including phenoxy) is 1. The van der Waals surface area contributed by atoms with Crippen LogP contribution in [-0.2, 0) is 6.54 Å². The van der Waals surface area contributed by atoms with Crippen LogP contribution in [0.15, 0.2) is 30.3 Å². The molecule has 0 spiro atoms. The van der Waals surface area contributed by atoms with Gasteiger partial charge in [-0.15, -0.1) is 0 Å². The van der Waals surface area contributed by atoms with Crippen molar-refractivity contribution in [2.75, 3.05) is 46.1 Å². The molecule has 0 unspecified atom stereocenters. The van der Waals surface area contributed by atoms with E-state index in [0.717, 1.165) is 49.9 Å². The number of nitrogens with zero attached hydrogens (tertiary/aromatic N) is 4. The number of nitrogens with two attached hydrogens (primary N) is 1. The maximum absolute atomic E-state index is 6.11. The maximum Gasteiger partial charge on any atom is 0.127 e. The zero-order valence-corrected chi connectivity index (χ0v) is 13.2. The van der Waals surface area contributed by atoms with Crippen molar-refractivity contribution < 1.29 is 4.74 Å². The first kappa shape index (κ1) is 14.9. The third-order valence-electron chi connectivity index (χ3n) is 4.09. The molecule has 0 amide bonds. The Hall–Kier alpha value is -2.05. The van der Waals surface area contributed by atoms with Crippen molar-refractivity contribution in [1.29, 1.82) is 0 Å².